The maximum absolute atomic E-state index is 12.5. The first kappa shape index (κ1) is 8.55. The van der Waals surface area contributed by atoms with Gasteiger partial charge < -0.3 is 4.42 Å². The van der Waals surface area contributed by atoms with Crippen LogP contribution in [0.5, 0.6) is 0 Å². The molecule has 0 atom stereocenters. The fourth-order valence-electron chi connectivity index (χ4n) is 0.962. The van der Waals surface area contributed by atoms with Crippen LogP contribution in [0.1, 0.15) is 10.6 Å². The Labute approximate surface area is 78.4 Å². The molecule has 2 aromatic rings. The summed E-state index contributed by atoms with van der Waals surface area (Å²) >= 11 is 0. The third kappa shape index (κ3) is 1.52. The maximum Gasteiger partial charge on any atom is 0.245 e. The van der Waals surface area contributed by atoms with E-state index in [1.807, 2.05) is 0 Å². The highest BCUT2D eigenvalue weighted by molar-refractivity contribution is 5.70. The van der Waals surface area contributed by atoms with Gasteiger partial charge in [-0.2, -0.15) is 0 Å². The molecule has 5 heteroatoms. The Morgan fingerprint density at radius 3 is 2.71 bits per heavy atom. The van der Waals surface area contributed by atoms with Crippen LogP contribution in [0.4, 0.5) is 4.39 Å². The fourth-order valence-corrected chi connectivity index (χ4v) is 0.962. The zero-order valence-corrected chi connectivity index (χ0v) is 6.98. The van der Waals surface area contributed by atoms with Crippen LogP contribution in [0.3, 0.4) is 0 Å². The van der Waals surface area contributed by atoms with Crippen LogP contribution in [0.25, 0.3) is 11.6 Å². The van der Waals surface area contributed by atoms with Gasteiger partial charge >= 0.3 is 0 Å². The molecule has 0 aliphatic rings. The number of hydrogen-bond donors (Lipinski definition) is 0. The van der Waals surface area contributed by atoms with E-state index in [4.69, 9.17) is 4.42 Å². The topological polar surface area (TPSA) is 56.0 Å². The van der Waals surface area contributed by atoms with Crippen molar-refractivity contribution in [1.29, 1.82) is 0 Å². The van der Waals surface area contributed by atoms with Gasteiger partial charge in [0, 0.05) is 0 Å². The minimum absolute atomic E-state index is 0.117. The Bertz CT molecular complexity index is 450. The third-order valence-electron chi connectivity index (χ3n) is 1.59. The minimum atomic E-state index is -0.434. The predicted molar refractivity (Wildman–Crippen MR) is 45.1 cm³/mol. The van der Waals surface area contributed by atoms with Crippen LogP contribution in [0, 0.1) is 5.82 Å². The van der Waals surface area contributed by atoms with Crippen molar-refractivity contribution in [2.75, 3.05) is 0 Å². The summed E-state index contributed by atoms with van der Waals surface area (Å²) < 4.78 is 17.5. The van der Waals surface area contributed by atoms with Gasteiger partial charge in [0.2, 0.25) is 5.89 Å². The number of carbonyl (C=O) groups excluding carboxylic acids is 1. The average molecular weight is 192 g/mol. The van der Waals surface area contributed by atoms with E-state index >= 15 is 0 Å². The van der Waals surface area contributed by atoms with Crippen molar-refractivity contribution in [2.24, 2.45) is 0 Å². The van der Waals surface area contributed by atoms with Gasteiger partial charge in [-0.15, -0.1) is 0 Å². The molecule has 0 aliphatic carbocycles. The number of halogens is 1. The predicted octanol–water partition coefficient (Wildman–Crippen LogP) is 1.69. The number of hydrogen-bond acceptors (Lipinski definition) is 4. The molecule has 0 fully saturated rings. The molecule has 0 spiro atoms. The van der Waals surface area contributed by atoms with Crippen molar-refractivity contribution in [1.82, 2.24) is 9.97 Å². The van der Waals surface area contributed by atoms with Crippen molar-refractivity contribution in [3.05, 3.63) is 36.1 Å². The molecule has 70 valence electrons. The Morgan fingerprint density at radius 1 is 1.29 bits per heavy atom. The SMILES string of the molecule is O=Cc1cnc(-c2ccc(F)cn2)o1. The number of carbonyl (C=O) groups is 1. The lowest BCUT2D eigenvalue weighted by Gasteiger charge is -1.92. The summed E-state index contributed by atoms with van der Waals surface area (Å²) in [5.41, 5.74) is 0.388. The van der Waals surface area contributed by atoms with Gasteiger partial charge in [-0.25, -0.2) is 14.4 Å². The molecule has 14 heavy (non-hydrogen) atoms. The van der Waals surface area contributed by atoms with Gasteiger partial charge in [0.25, 0.3) is 0 Å². The van der Waals surface area contributed by atoms with Crippen LogP contribution in [0.2, 0.25) is 0 Å². The van der Waals surface area contributed by atoms with Gasteiger partial charge in [-0.3, -0.25) is 4.79 Å². The number of pyridine rings is 1. The highest BCUT2D eigenvalue weighted by Gasteiger charge is 2.06. The first-order chi connectivity index (χ1) is 6.79. The number of nitrogens with zero attached hydrogens (tertiary/aromatic N) is 2. The molecule has 0 saturated heterocycles. The second-order valence-electron chi connectivity index (χ2n) is 2.55. The van der Waals surface area contributed by atoms with E-state index in [-0.39, 0.29) is 11.7 Å². The average Bonchev–Trinajstić information content (AvgIpc) is 2.67. The summed E-state index contributed by atoms with van der Waals surface area (Å²) in [6.07, 6.45) is 2.88. The molecule has 0 unspecified atom stereocenters. The molecule has 2 heterocycles. The first-order valence-electron chi connectivity index (χ1n) is 3.82. The lowest BCUT2D eigenvalue weighted by atomic mass is 10.3. The molecule has 0 radical (unpaired) electrons. The van der Waals surface area contributed by atoms with Crippen LogP contribution < -0.4 is 0 Å². The maximum atomic E-state index is 12.5. The molecule has 2 aromatic heterocycles. The number of oxazole rings is 1. The zero-order valence-electron chi connectivity index (χ0n) is 6.98. The van der Waals surface area contributed by atoms with Crippen molar-refractivity contribution in [2.45, 2.75) is 0 Å². The smallest absolute Gasteiger partial charge is 0.245 e. The van der Waals surface area contributed by atoms with E-state index in [1.54, 1.807) is 0 Å². The van der Waals surface area contributed by atoms with Gasteiger partial charge in [-0.1, -0.05) is 0 Å². The van der Waals surface area contributed by atoms with E-state index < -0.39 is 5.82 Å². The molecule has 2 rings (SSSR count). The number of aldehydes is 1. The summed E-state index contributed by atoms with van der Waals surface area (Å²) in [5, 5.41) is 0. The summed E-state index contributed by atoms with van der Waals surface area (Å²) in [6.45, 7) is 0. The van der Waals surface area contributed by atoms with E-state index in [0.29, 0.717) is 12.0 Å². The molecule has 0 N–H and O–H groups in total. The summed E-state index contributed by atoms with van der Waals surface area (Å²) in [4.78, 5) is 17.8. The second-order valence-corrected chi connectivity index (χ2v) is 2.55. The van der Waals surface area contributed by atoms with Crippen LogP contribution in [-0.4, -0.2) is 16.3 Å². The normalized spacial score (nSPS) is 10.1. The monoisotopic (exact) mass is 192 g/mol. The van der Waals surface area contributed by atoms with Crippen LogP contribution in [-0.2, 0) is 0 Å². The lowest BCUT2D eigenvalue weighted by Crippen LogP contribution is -1.83. The Hall–Kier alpha value is -2.04. The molecule has 0 saturated carbocycles. The number of aromatic nitrogens is 2. The van der Waals surface area contributed by atoms with Crippen molar-refractivity contribution < 1.29 is 13.6 Å². The van der Waals surface area contributed by atoms with Crippen LogP contribution >= 0.6 is 0 Å². The minimum Gasteiger partial charge on any atom is -0.432 e. The largest absolute Gasteiger partial charge is 0.432 e. The van der Waals surface area contributed by atoms with Gasteiger partial charge in [0.05, 0.1) is 12.4 Å². The van der Waals surface area contributed by atoms with Gasteiger partial charge in [0.1, 0.15) is 11.5 Å². The summed E-state index contributed by atoms with van der Waals surface area (Å²) in [6, 6.07) is 2.67. The quantitative estimate of drug-likeness (QED) is 0.679. The van der Waals surface area contributed by atoms with E-state index in [2.05, 4.69) is 9.97 Å². The Morgan fingerprint density at radius 2 is 2.14 bits per heavy atom. The first-order valence-corrected chi connectivity index (χ1v) is 3.82. The van der Waals surface area contributed by atoms with Gasteiger partial charge in [-0.05, 0) is 12.1 Å². The Kier molecular flexibility index (Phi) is 2.06. The number of rotatable bonds is 2. The molecule has 0 aliphatic heterocycles. The highest BCUT2D eigenvalue weighted by Crippen LogP contribution is 2.15. The molecular weight excluding hydrogens is 187 g/mol. The summed E-state index contributed by atoms with van der Waals surface area (Å²) in [7, 11) is 0. The molecule has 4 nitrogen and oxygen atoms in total. The van der Waals surface area contributed by atoms with E-state index in [1.165, 1.54) is 18.3 Å². The van der Waals surface area contributed by atoms with Crippen molar-refractivity contribution in [3.8, 4) is 11.6 Å². The second kappa shape index (κ2) is 3.37. The molecule has 0 amide bonds. The van der Waals surface area contributed by atoms with Crippen molar-refractivity contribution >= 4 is 6.29 Å². The molecule has 0 bridgehead atoms. The van der Waals surface area contributed by atoms with E-state index in [0.717, 1.165) is 6.20 Å². The summed E-state index contributed by atoms with van der Waals surface area (Å²) in [5.74, 6) is -0.117. The molecular formula is C9H5FN2O2. The standard InChI is InChI=1S/C9H5FN2O2/c10-6-1-2-8(11-3-6)9-12-4-7(5-13)14-9/h1-5H. The van der Waals surface area contributed by atoms with Gasteiger partial charge in [0.15, 0.2) is 12.0 Å². The zero-order chi connectivity index (χ0) is 9.97. The lowest BCUT2D eigenvalue weighted by molar-refractivity contribution is 0.110. The van der Waals surface area contributed by atoms with Crippen molar-refractivity contribution in [3.63, 3.8) is 0 Å². The van der Waals surface area contributed by atoms with Crippen LogP contribution in [0.15, 0.2) is 28.9 Å². The molecule has 0 aromatic carbocycles. The highest BCUT2D eigenvalue weighted by atomic mass is 19.1. The van der Waals surface area contributed by atoms with E-state index in [9.17, 15) is 9.18 Å². The fraction of sp³-hybridized carbons (Fsp3) is 0. The Balaban J connectivity index is 2.39. The third-order valence-corrected chi connectivity index (χ3v) is 1.59.